The second-order valence-corrected chi connectivity index (χ2v) is 15.3. The van der Waals surface area contributed by atoms with Gasteiger partial charge in [0.2, 0.25) is 0 Å². The monoisotopic (exact) mass is 328 g/mol. The fraction of sp³-hybridized carbons (Fsp3) is 0.571. The number of carbonyl (C=O) groups is 2. The molecule has 0 aromatic heterocycles. The number of esters is 2. The molecule has 4 nitrogen and oxygen atoms in total. The third kappa shape index (κ3) is 5.11. The van der Waals surface area contributed by atoms with Gasteiger partial charge in [0.1, 0.15) is 0 Å². The molecule has 0 heterocycles. The number of allylic oxidation sites excluding steroid dienone is 1. The maximum atomic E-state index is 12.0. The molecule has 0 unspecified atom stereocenters. The van der Waals surface area contributed by atoms with E-state index in [0.717, 1.165) is 0 Å². The quantitative estimate of drug-likeness (QED) is 0.255. The van der Waals surface area contributed by atoms with Crippen LogP contribution in [0.1, 0.15) is 12.8 Å². The molecule has 0 bridgehead atoms. The molecule has 0 aliphatic rings. The van der Waals surface area contributed by atoms with E-state index in [1.54, 1.807) is 0 Å². The Balaban J connectivity index is 5.44. The number of rotatable bonds is 5. The van der Waals surface area contributed by atoms with E-state index >= 15 is 0 Å². The van der Waals surface area contributed by atoms with Gasteiger partial charge in [-0.3, -0.25) is 0 Å². The molecular formula is C14H22GeO4. The molecule has 0 aromatic rings. The molecule has 0 aliphatic carbocycles. The topological polar surface area (TPSA) is 52.6 Å². The molecule has 106 valence electrons. The minimum atomic E-state index is -2.04. The number of hydrogen-bond acceptors (Lipinski definition) is 4. The molecule has 0 spiro atoms. The number of methoxy groups -OCH3 is 2. The molecule has 0 amide bonds. The molecule has 0 fully saturated rings. The van der Waals surface area contributed by atoms with E-state index in [9.17, 15) is 9.59 Å². The van der Waals surface area contributed by atoms with E-state index in [1.165, 1.54) is 20.3 Å². The fourth-order valence-electron chi connectivity index (χ4n) is 1.56. The van der Waals surface area contributed by atoms with E-state index in [1.807, 2.05) is 0 Å². The molecule has 5 heteroatoms. The summed E-state index contributed by atoms with van der Waals surface area (Å²) in [5.41, 5.74) is -1.40. The van der Waals surface area contributed by atoms with Crippen molar-refractivity contribution in [1.82, 2.24) is 0 Å². The standard InChI is InChI=1S/C14H22GeO4/c1-7-9-14(12(16)18-5,13(17)19-6)10-8-11-15(2,3)4/h7H,1,9-10H2,2-6H3. The molecule has 19 heavy (non-hydrogen) atoms. The van der Waals surface area contributed by atoms with Gasteiger partial charge < -0.3 is 0 Å². The van der Waals surface area contributed by atoms with Crippen LogP contribution in [0, 0.1) is 16.1 Å². The first kappa shape index (κ1) is 17.8. The van der Waals surface area contributed by atoms with Crippen molar-refractivity contribution in [2.45, 2.75) is 30.1 Å². The van der Waals surface area contributed by atoms with Gasteiger partial charge in [0.15, 0.2) is 0 Å². The summed E-state index contributed by atoms with van der Waals surface area (Å²) in [5, 5.41) is 0. The summed E-state index contributed by atoms with van der Waals surface area (Å²) in [6.07, 6.45) is 1.76. The Morgan fingerprint density at radius 1 is 1.21 bits per heavy atom. The Hall–Kier alpha value is -1.22. The van der Waals surface area contributed by atoms with Crippen LogP contribution in [0.5, 0.6) is 0 Å². The minimum absolute atomic E-state index is 0.0981. The fourth-order valence-corrected chi connectivity index (χ4v) is 2.86. The Labute approximate surface area is 117 Å². The van der Waals surface area contributed by atoms with Gasteiger partial charge in [0.25, 0.3) is 0 Å². The van der Waals surface area contributed by atoms with Crippen LogP contribution in [0.3, 0.4) is 0 Å². The van der Waals surface area contributed by atoms with Crippen LogP contribution in [0.15, 0.2) is 12.7 Å². The number of ether oxygens (including phenoxy) is 2. The molecule has 0 rings (SSSR count). The van der Waals surface area contributed by atoms with E-state index in [0.29, 0.717) is 0 Å². The molecule has 0 radical (unpaired) electrons. The average molecular weight is 327 g/mol. The zero-order valence-electron chi connectivity index (χ0n) is 12.3. The van der Waals surface area contributed by atoms with Crippen molar-refractivity contribution in [2.75, 3.05) is 14.2 Å². The van der Waals surface area contributed by atoms with Gasteiger partial charge in [-0.05, 0) is 0 Å². The van der Waals surface area contributed by atoms with Crippen LogP contribution in [-0.2, 0) is 19.1 Å². The average Bonchev–Trinajstić information content (AvgIpc) is 2.34. The van der Waals surface area contributed by atoms with Crippen molar-refractivity contribution >= 4 is 25.2 Å². The Morgan fingerprint density at radius 2 is 1.68 bits per heavy atom. The van der Waals surface area contributed by atoms with Crippen molar-refractivity contribution in [2.24, 2.45) is 5.41 Å². The second-order valence-electron chi connectivity index (χ2n) is 5.29. The molecule has 0 aliphatic heterocycles. The molecule has 0 saturated carbocycles. The van der Waals surface area contributed by atoms with Gasteiger partial charge in [-0.1, -0.05) is 0 Å². The van der Waals surface area contributed by atoms with Crippen molar-refractivity contribution < 1.29 is 19.1 Å². The van der Waals surface area contributed by atoms with Crippen molar-refractivity contribution in [3.8, 4) is 10.7 Å². The molecular weight excluding hydrogens is 305 g/mol. The number of carbonyl (C=O) groups excluding carboxylic acids is 2. The molecule has 0 atom stereocenters. The van der Waals surface area contributed by atoms with Crippen molar-refractivity contribution in [1.29, 1.82) is 0 Å². The van der Waals surface area contributed by atoms with E-state index in [4.69, 9.17) is 9.47 Å². The van der Waals surface area contributed by atoms with Gasteiger partial charge in [0.05, 0.1) is 0 Å². The third-order valence-electron chi connectivity index (χ3n) is 2.50. The Morgan fingerprint density at radius 3 is 2.00 bits per heavy atom. The van der Waals surface area contributed by atoms with Gasteiger partial charge in [-0.2, -0.15) is 0 Å². The Kier molecular flexibility index (Phi) is 6.92. The summed E-state index contributed by atoms with van der Waals surface area (Å²) in [7, 11) is 2.50. The normalized spacial score (nSPS) is 11.0. The van der Waals surface area contributed by atoms with Gasteiger partial charge >= 0.3 is 117 Å². The van der Waals surface area contributed by atoms with Gasteiger partial charge in [0, 0.05) is 0 Å². The molecule has 0 N–H and O–H groups in total. The van der Waals surface area contributed by atoms with Crippen LogP contribution < -0.4 is 0 Å². The Bertz CT molecular complexity index is 393. The summed E-state index contributed by atoms with van der Waals surface area (Å²) in [4.78, 5) is 23.9. The first-order chi connectivity index (χ1) is 8.73. The molecule has 0 saturated heterocycles. The predicted octanol–water partition coefficient (Wildman–Crippen LogP) is 2.17. The van der Waals surface area contributed by atoms with E-state index < -0.39 is 30.6 Å². The van der Waals surface area contributed by atoms with Gasteiger partial charge in [-0.15, -0.1) is 0 Å². The van der Waals surface area contributed by atoms with Crippen LogP contribution in [0.4, 0.5) is 0 Å². The van der Waals surface area contributed by atoms with Gasteiger partial charge in [-0.25, -0.2) is 0 Å². The van der Waals surface area contributed by atoms with Crippen molar-refractivity contribution in [3.05, 3.63) is 12.7 Å². The van der Waals surface area contributed by atoms with Crippen LogP contribution in [-0.4, -0.2) is 39.4 Å². The van der Waals surface area contributed by atoms with E-state index in [-0.39, 0.29) is 12.8 Å². The van der Waals surface area contributed by atoms with E-state index in [2.05, 4.69) is 34.5 Å². The summed E-state index contributed by atoms with van der Waals surface area (Å²) in [6.45, 7) is 3.58. The molecule has 0 aromatic carbocycles. The zero-order chi connectivity index (χ0) is 15.1. The van der Waals surface area contributed by atoms with Crippen LogP contribution in [0.25, 0.3) is 0 Å². The first-order valence-electron chi connectivity index (χ1n) is 6.01. The first-order valence-corrected chi connectivity index (χ1v) is 13.4. The summed E-state index contributed by atoms with van der Waals surface area (Å²) in [5.74, 6) is 8.12. The SMILES string of the molecule is C=CCC(CC#[C][Ge]([CH3])([CH3])[CH3])(C(=O)OC)C(=O)OC. The summed E-state index contributed by atoms with van der Waals surface area (Å²) in [6, 6.07) is 0. The third-order valence-corrected chi connectivity index (χ3v) is 4.44. The predicted molar refractivity (Wildman–Crippen MR) is 77.0 cm³/mol. The zero-order valence-corrected chi connectivity index (χ0v) is 14.4. The summed E-state index contributed by atoms with van der Waals surface area (Å²) < 4.78 is 12.6. The second kappa shape index (κ2) is 7.39. The maximum absolute atomic E-state index is 12.0. The summed E-state index contributed by atoms with van der Waals surface area (Å²) >= 11 is -2.04. The number of hydrogen-bond donors (Lipinski definition) is 0. The van der Waals surface area contributed by atoms with Crippen LogP contribution in [0.2, 0.25) is 17.3 Å². The van der Waals surface area contributed by atoms with Crippen molar-refractivity contribution in [3.63, 3.8) is 0 Å². The van der Waals surface area contributed by atoms with Crippen LogP contribution >= 0.6 is 0 Å².